The second kappa shape index (κ2) is 3.77. The molecule has 0 unspecified atom stereocenters. The molecule has 4 nitrogen and oxygen atoms in total. The number of hydrogen-bond acceptors (Lipinski definition) is 2. The van der Waals surface area contributed by atoms with Gasteiger partial charge in [-0.1, -0.05) is 12.1 Å². The molecule has 0 saturated carbocycles. The Morgan fingerprint density at radius 3 is 2.62 bits per heavy atom. The van der Waals surface area contributed by atoms with E-state index in [1.807, 2.05) is 0 Å². The molecule has 0 aliphatic carbocycles. The lowest BCUT2D eigenvalue weighted by Crippen LogP contribution is -2.20. The largest absolute Gasteiger partial charge is 0.478 e. The van der Waals surface area contributed by atoms with Crippen molar-refractivity contribution in [3.63, 3.8) is 0 Å². The number of hydrogen-bond donors (Lipinski definition) is 1. The van der Waals surface area contributed by atoms with Gasteiger partial charge < -0.3 is 5.11 Å². The molecule has 1 N–H and O–H groups in total. The van der Waals surface area contributed by atoms with Gasteiger partial charge in [-0.25, -0.2) is 9.18 Å². The van der Waals surface area contributed by atoms with E-state index in [4.69, 9.17) is 5.11 Å². The molecule has 1 aliphatic heterocycles. The summed E-state index contributed by atoms with van der Waals surface area (Å²) < 4.78 is 13.4. The Morgan fingerprint density at radius 2 is 2.06 bits per heavy atom. The highest BCUT2D eigenvalue weighted by Gasteiger charge is 2.28. The van der Waals surface area contributed by atoms with Crippen LogP contribution in [0.5, 0.6) is 0 Å². The molecule has 0 saturated heterocycles. The summed E-state index contributed by atoms with van der Waals surface area (Å²) in [6, 6.07) is 5.73. The molecule has 0 radical (unpaired) electrons. The van der Waals surface area contributed by atoms with Gasteiger partial charge in [-0.15, -0.1) is 0 Å². The molecule has 0 aromatic heterocycles. The van der Waals surface area contributed by atoms with Crippen LogP contribution in [0.1, 0.15) is 6.42 Å². The number of carboxylic acids is 1. The van der Waals surface area contributed by atoms with Crippen molar-refractivity contribution in [1.82, 2.24) is 0 Å². The van der Waals surface area contributed by atoms with Crippen LogP contribution in [0.3, 0.4) is 0 Å². The van der Waals surface area contributed by atoms with Crippen LogP contribution < -0.4 is 4.90 Å². The summed E-state index contributed by atoms with van der Waals surface area (Å²) in [4.78, 5) is 23.2. The molecular formula is C11H8FNO3. The maximum atomic E-state index is 13.4. The van der Waals surface area contributed by atoms with E-state index < -0.39 is 17.7 Å². The molecule has 2 rings (SSSR count). The first-order chi connectivity index (χ1) is 7.59. The fourth-order valence-electron chi connectivity index (χ4n) is 1.50. The Balaban J connectivity index is 2.39. The summed E-state index contributed by atoms with van der Waals surface area (Å²) in [6.45, 7) is 0. The first-order valence-corrected chi connectivity index (χ1v) is 4.60. The number of benzene rings is 1. The number of halogens is 1. The summed E-state index contributed by atoms with van der Waals surface area (Å²) >= 11 is 0. The monoisotopic (exact) mass is 221 g/mol. The second-order valence-electron chi connectivity index (χ2n) is 3.35. The highest BCUT2D eigenvalue weighted by Crippen LogP contribution is 2.26. The van der Waals surface area contributed by atoms with Crippen LogP contribution in [0.4, 0.5) is 10.1 Å². The average molecular weight is 221 g/mol. The number of carboxylic acid groups (broad SMARTS) is 1. The van der Waals surface area contributed by atoms with Gasteiger partial charge in [0, 0.05) is 6.20 Å². The number of carbonyl (C=O) groups is 2. The molecule has 82 valence electrons. The van der Waals surface area contributed by atoms with Gasteiger partial charge in [0.15, 0.2) is 0 Å². The van der Waals surface area contributed by atoms with Gasteiger partial charge in [-0.3, -0.25) is 9.69 Å². The van der Waals surface area contributed by atoms with Crippen molar-refractivity contribution in [3.05, 3.63) is 41.9 Å². The lowest BCUT2D eigenvalue weighted by atomic mass is 10.2. The SMILES string of the molecule is O=C(O)C1=CN(c2ccccc2F)C(=O)C1. The van der Waals surface area contributed by atoms with Gasteiger partial charge in [-0.2, -0.15) is 0 Å². The van der Waals surface area contributed by atoms with E-state index in [1.165, 1.54) is 18.2 Å². The minimum absolute atomic E-state index is 0.0340. The predicted octanol–water partition coefficient (Wildman–Crippen LogP) is 1.53. The number of rotatable bonds is 2. The van der Waals surface area contributed by atoms with E-state index in [2.05, 4.69) is 0 Å². The topological polar surface area (TPSA) is 57.6 Å². The average Bonchev–Trinajstić information content (AvgIpc) is 2.61. The molecular weight excluding hydrogens is 213 g/mol. The van der Waals surface area contributed by atoms with E-state index in [1.54, 1.807) is 6.07 Å². The van der Waals surface area contributed by atoms with Crippen LogP contribution >= 0.6 is 0 Å². The Bertz CT molecular complexity index is 496. The summed E-state index contributed by atoms with van der Waals surface area (Å²) in [6.07, 6.45) is 0.951. The van der Waals surface area contributed by atoms with E-state index in [-0.39, 0.29) is 17.7 Å². The Hall–Kier alpha value is -2.17. The quantitative estimate of drug-likeness (QED) is 0.823. The van der Waals surface area contributed by atoms with Crippen LogP contribution in [-0.2, 0) is 9.59 Å². The van der Waals surface area contributed by atoms with E-state index >= 15 is 0 Å². The first kappa shape index (κ1) is 10.4. The normalized spacial score (nSPS) is 15.2. The Labute approximate surface area is 90.6 Å². The molecule has 0 atom stereocenters. The minimum atomic E-state index is -1.16. The standard InChI is InChI=1S/C11H8FNO3/c12-8-3-1-2-4-9(8)13-6-7(11(15)16)5-10(13)14/h1-4,6H,5H2,(H,15,16). The number of para-hydroxylation sites is 1. The van der Waals surface area contributed by atoms with Crippen molar-refractivity contribution in [2.75, 3.05) is 4.90 Å². The van der Waals surface area contributed by atoms with Crippen molar-refractivity contribution >= 4 is 17.6 Å². The lowest BCUT2D eigenvalue weighted by Gasteiger charge is -2.13. The van der Waals surface area contributed by atoms with Crippen LogP contribution in [0.2, 0.25) is 0 Å². The highest BCUT2D eigenvalue weighted by molar-refractivity contribution is 6.07. The Morgan fingerprint density at radius 1 is 1.38 bits per heavy atom. The van der Waals surface area contributed by atoms with Crippen molar-refractivity contribution in [3.8, 4) is 0 Å². The van der Waals surface area contributed by atoms with Gasteiger partial charge >= 0.3 is 5.97 Å². The zero-order valence-corrected chi connectivity index (χ0v) is 8.18. The zero-order valence-electron chi connectivity index (χ0n) is 8.18. The second-order valence-corrected chi connectivity index (χ2v) is 3.35. The third-order valence-corrected chi connectivity index (χ3v) is 2.28. The fraction of sp³-hybridized carbons (Fsp3) is 0.0909. The van der Waals surface area contributed by atoms with Gasteiger partial charge in [0.1, 0.15) is 5.82 Å². The zero-order chi connectivity index (χ0) is 11.7. The highest BCUT2D eigenvalue weighted by atomic mass is 19.1. The first-order valence-electron chi connectivity index (χ1n) is 4.60. The smallest absolute Gasteiger partial charge is 0.333 e. The van der Waals surface area contributed by atoms with Gasteiger partial charge in [0.25, 0.3) is 0 Å². The number of amides is 1. The Kier molecular flexibility index (Phi) is 2.44. The lowest BCUT2D eigenvalue weighted by molar-refractivity contribution is -0.133. The van der Waals surface area contributed by atoms with Gasteiger partial charge in [0.05, 0.1) is 17.7 Å². The van der Waals surface area contributed by atoms with E-state index in [0.29, 0.717) is 0 Å². The maximum absolute atomic E-state index is 13.4. The van der Waals surface area contributed by atoms with E-state index in [0.717, 1.165) is 11.1 Å². The predicted molar refractivity (Wildman–Crippen MR) is 54.2 cm³/mol. The molecule has 0 bridgehead atoms. The summed E-state index contributed by atoms with van der Waals surface area (Å²) in [7, 11) is 0. The van der Waals surface area contributed by atoms with Gasteiger partial charge in [-0.05, 0) is 12.1 Å². The van der Waals surface area contributed by atoms with Crippen molar-refractivity contribution in [2.24, 2.45) is 0 Å². The van der Waals surface area contributed by atoms with Crippen LogP contribution in [0.25, 0.3) is 0 Å². The molecule has 1 heterocycles. The fourth-order valence-corrected chi connectivity index (χ4v) is 1.50. The van der Waals surface area contributed by atoms with E-state index in [9.17, 15) is 14.0 Å². The number of anilines is 1. The summed E-state index contributed by atoms with van der Waals surface area (Å²) in [5.41, 5.74) is 0.0389. The summed E-state index contributed by atoms with van der Waals surface area (Å²) in [5.74, 6) is -2.16. The maximum Gasteiger partial charge on any atom is 0.333 e. The van der Waals surface area contributed by atoms with Gasteiger partial charge in [0.2, 0.25) is 5.91 Å². The van der Waals surface area contributed by atoms with Crippen LogP contribution in [0.15, 0.2) is 36.0 Å². The molecule has 0 fully saturated rings. The number of carbonyl (C=O) groups excluding carboxylic acids is 1. The third kappa shape index (κ3) is 1.67. The molecule has 1 aromatic rings. The molecule has 1 aromatic carbocycles. The molecule has 16 heavy (non-hydrogen) atoms. The third-order valence-electron chi connectivity index (χ3n) is 2.28. The summed E-state index contributed by atoms with van der Waals surface area (Å²) in [5, 5.41) is 8.72. The van der Waals surface area contributed by atoms with Crippen molar-refractivity contribution in [2.45, 2.75) is 6.42 Å². The van der Waals surface area contributed by atoms with Crippen molar-refractivity contribution in [1.29, 1.82) is 0 Å². The minimum Gasteiger partial charge on any atom is -0.478 e. The van der Waals surface area contributed by atoms with Crippen LogP contribution in [0, 0.1) is 5.82 Å². The number of nitrogens with zero attached hydrogens (tertiary/aromatic N) is 1. The molecule has 0 spiro atoms. The molecule has 5 heteroatoms. The van der Waals surface area contributed by atoms with Crippen LogP contribution in [-0.4, -0.2) is 17.0 Å². The molecule has 1 amide bonds. The number of aliphatic carboxylic acids is 1. The van der Waals surface area contributed by atoms with Crippen molar-refractivity contribution < 1.29 is 19.1 Å². The molecule has 1 aliphatic rings.